The van der Waals surface area contributed by atoms with E-state index in [2.05, 4.69) is 11.1 Å². The first-order valence-corrected chi connectivity index (χ1v) is 7.24. The molecule has 22 heavy (non-hydrogen) atoms. The molecule has 1 saturated carbocycles. The van der Waals surface area contributed by atoms with Gasteiger partial charge in [-0.15, -0.1) is 0 Å². The average Bonchev–Trinajstić information content (AvgIpc) is 3.26. The number of hydrogen-bond acceptors (Lipinski definition) is 4. The molecule has 2 aromatic rings. The van der Waals surface area contributed by atoms with Crippen LogP contribution in [0.2, 0.25) is 0 Å². The predicted octanol–water partition coefficient (Wildman–Crippen LogP) is 2.47. The molecule has 1 heterocycles. The van der Waals surface area contributed by atoms with Gasteiger partial charge in [-0.05, 0) is 11.6 Å². The Morgan fingerprint density at radius 3 is 2.55 bits per heavy atom. The second-order valence-electron chi connectivity index (χ2n) is 5.32. The molecule has 5 heteroatoms. The van der Waals surface area contributed by atoms with Crippen molar-refractivity contribution >= 4 is 23.0 Å². The number of rotatable bonds is 4. The van der Waals surface area contributed by atoms with Crippen LogP contribution in [-0.2, 0) is 0 Å². The van der Waals surface area contributed by atoms with Gasteiger partial charge in [-0.25, -0.2) is 0 Å². The summed E-state index contributed by atoms with van der Waals surface area (Å²) in [6.45, 7) is 0. The Morgan fingerprint density at radius 1 is 1.27 bits per heavy atom. The van der Waals surface area contributed by atoms with Gasteiger partial charge in [0.25, 0.3) is 0 Å². The zero-order chi connectivity index (χ0) is 15.7. The lowest BCUT2D eigenvalue weighted by atomic mass is 9.99. The van der Waals surface area contributed by atoms with Gasteiger partial charge in [0.1, 0.15) is 5.41 Å². The van der Waals surface area contributed by atoms with E-state index in [1.54, 1.807) is 42.7 Å². The molecule has 1 aliphatic carbocycles. The van der Waals surface area contributed by atoms with Gasteiger partial charge in [-0.2, -0.15) is 5.26 Å². The predicted molar refractivity (Wildman–Crippen MR) is 86.1 cm³/mol. The Morgan fingerprint density at radius 2 is 2.00 bits per heavy atom. The first-order valence-electron chi connectivity index (χ1n) is 6.83. The number of Topliss-reactive ketones (excluding diaryl/α,β-unsaturated/α-hetero) is 1. The van der Waals surface area contributed by atoms with E-state index in [1.165, 1.54) is 0 Å². The minimum atomic E-state index is -1.12. The lowest BCUT2D eigenvalue weighted by Crippen LogP contribution is -2.26. The summed E-state index contributed by atoms with van der Waals surface area (Å²) in [5.74, 6) is -0.998. The number of thiocarbonyl (C=S) groups is 1. The summed E-state index contributed by atoms with van der Waals surface area (Å²) in [5.41, 5.74) is 6.07. The van der Waals surface area contributed by atoms with E-state index < -0.39 is 11.3 Å². The van der Waals surface area contributed by atoms with Gasteiger partial charge in [0.05, 0.1) is 17.0 Å². The molecule has 1 fully saturated rings. The van der Waals surface area contributed by atoms with E-state index in [-0.39, 0.29) is 16.7 Å². The summed E-state index contributed by atoms with van der Waals surface area (Å²) < 4.78 is 0. The van der Waals surface area contributed by atoms with Crippen LogP contribution in [0.3, 0.4) is 0 Å². The van der Waals surface area contributed by atoms with Gasteiger partial charge in [0.15, 0.2) is 5.78 Å². The summed E-state index contributed by atoms with van der Waals surface area (Å²) in [6, 6.07) is 14.7. The number of ketones is 1. The fourth-order valence-electron chi connectivity index (χ4n) is 3.04. The Labute approximate surface area is 133 Å². The lowest BCUT2D eigenvalue weighted by Gasteiger charge is -2.06. The van der Waals surface area contributed by atoms with Crippen LogP contribution in [0.25, 0.3) is 0 Å². The van der Waals surface area contributed by atoms with Gasteiger partial charge in [0, 0.05) is 23.9 Å². The summed E-state index contributed by atoms with van der Waals surface area (Å²) in [4.78, 5) is 16.9. The standard InChI is InChI=1S/C17H13N3OS/c18-10-17(16(19)22)13(12-7-4-8-20-9-12)14(17)15(21)11-5-2-1-3-6-11/h1-9,13-14H,(H2,19,22)/t13-,14-,17+/m1/s1. The van der Waals surface area contributed by atoms with Crippen LogP contribution in [0.1, 0.15) is 21.8 Å². The highest BCUT2D eigenvalue weighted by Gasteiger charge is 2.71. The highest BCUT2D eigenvalue weighted by Crippen LogP contribution is 2.65. The van der Waals surface area contributed by atoms with Crippen LogP contribution in [0.4, 0.5) is 0 Å². The van der Waals surface area contributed by atoms with Crippen molar-refractivity contribution in [3.63, 3.8) is 0 Å². The summed E-state index contributed by atoms with van der Waals surface area (Å²) in [6.07, 6.45) is 3.31. The Bertz CT molecular complexity index is 769. The van der Waals surface area contributed by atoms with E-state index in [9.17, 15) is 10.1 Å². The third-order valence-electron chi connectivity index (χ3n) is 4.18. The van der Waals surface area contributed by atoms with E-state index in [4.69, 9.17) is 18.0 Å². The van der Waals surface area contributed by atoms with Crippen LogP contribution >= 0.6 is 12.2 Å². The van der Waals surface area contributed by atoms with Gasteiger partial charge in [-0.1, -0.05) is 48.6 Å². The fraction of sp³-hybridized carbons (Fsp3) is 0.176. The maximum absolute atomic E-state index is 12.8. The Hall–Kier alpha value is -2.58. The minimum Gasteiger partial charge on any atom is -0.392 e. The normalized spacial score (nSPS) is 26.0. The highest BCUT2D eigenvalue weighted by atomic mass is 32.1. The van der Waals surface area contributed by atoms with Crippen molar-refractivity contribution in [2.24, 2.45) is 17.1 Å². The van der Waals surface area contributed by atoms with Crippen molar-refractivity contribution < 1.29 is 4.79 Å². The number of nitriles is 1. The maximum atomic E-state index is 12.8. The molecule has 108 valence electrons. The van der Waals surface area contributed by atoms with Crippen molar-refractivity contribution in [1.82, 2.24) is 4.98 Å². The molecule has 3 rings (SSSR count). The molecular formula is C17H13N3OS. The highest BCUT2D eigenvalue weighted by molar-refractivity contribution is 7.80. The Kier molecular flexibility index (Phi) is 3.47. The van der Waals surface area contributed by atoms with Gasteiger partial charge in [-0.3, -0.25) is 9.78 Å². The van der Waals surface area contributed by atoms with Gasteiger partial charge >= 0.3 is 0 Å². The number of pyridine rings is 1. The van der Waals surface area contributed by atoms with Crippen LogP contribution in [0, 0.1) is 22.7 Å². The Balaban J connectivity index is 2.04. The first kappa shape index (κ1) is 14.4. The molecule has 1 aliphatic rings. The summed E-state index contributed by atoms with van der Waals surface area (Å²) in [5, 5.41) is 9.63. The van der Waals surface area contributed by atoms with E-state index in [0.29, 0.717) is 5.56 Å². The molecule has 0 radical (unpaired) electrons. The average molecular weight is 307 g/mol. The molecule has 0 amide bonds. The second kappa shape index (κ2) is 5.32. The molecule has 1 aromatic carbocycles. The number of nitrogens with zero attached hydrogens (tertiary/aromatic N) is 2. The number of nitrogens with two attached hydrogens (primary N) is 1. The molecule has 0 bridgehead atoms. The number of benzene rings is 1. The molecule has 0 unspecified atom stereocenters. The molecule has 2 N–H and O–H groups in total. The zero-order valence-electron chi connectivity index (χ0n) is 11.6. The van der Waals surface area contributed by atoms with Gasteiger partial charge < -0.3 is 5.73 Å². The monoisotopic (exact) mass is 307 g/mol. The third kappa shape index (κ3) is 2.00. The third-order valence-corrected chi connectivity index (χ3v) is 4.52. The minimum absolute atomic E-state index is 0.0677. The largest absolute Gasteiger partial charge is 0.392 e. The summed E-state index contributed by atoms with van der Waals surface area (Å²) >= 11 is 5.10. The quantitative estimate of drug-likeness (QED) is 0.693. The van der Waals surface area contributed by atoms with Crippen molar-refractivity contribution in [3.8, 4) is 6.07 Å². The SMILES string of the molecule is N#C[C@]1(C(N)=S)[C@H](c2cccnc2)[C@@H]1C(=O)c1ccccc1. The van der Waals surface area contributed by atoms with E-state index in [0.717, 1.165) is 5.56 Å². The lowest BCUT2D eigenvalue weighted by molar-refractivity contribution is 0.0959. The number of carbonyl (C=O) groups excluding carboxylic acids is 1. The molecule has 0 aliphatic heterocycles. The van der Waals surface area contributed by atoms with Crippen molar-refractivity contribution in [2.75, 3.05) is 0 Å². The molecule has 0 saturated heterocycles. The van der Waals surface area contributed by atoms with Crippen LogP contribution in [-0.4, -0.2) is 15.8 Å². The number of hydrogen-bond donors (Lipinski definition) is 1. The second-order valence-corrected chi connectivity index (χ2v) is 5.76. The molecule has 4 nitrogen and oxygen atoms in total. The molecule has 3 atom stereocenters. The smallest absolute Gasteiger partial charge is 0.168 e. The molecule has 0 spiro atoms. The van der Waals surface area contributed by atoms with Crippen molar-refractivity contribution in [2.45, 2.75) is 5.92 Å². The van der Waals surface area contributed by atoms with Crippen LogP contribution in [0.15, 0.2) is 54.9 Å². The van der Waals surface area contributed by atoms with Crippen LogP contribution in [0.5, 0.6) is 0 Å². The zero-order valence-corrected chi connectivity index (χ0v) is 12.5. The molecular weight excluding hydrogens is 294 g/mol. The van der Waals surface area contributed by atoms with Crippen molar-refractivity contribution in [1.29, 1.82) is 5.26 Å². The fourth-order valence-corrected chi connectivity index (χ4v) is 3.34. The van der Waals surface area contributed by atoms with Crippen LogP contribution < -0.4 is 5.73 Å². The van der Waals surface area contributed by atoms with E-state index in [1.807, 2.05) is 12.1 Å². The van der Waals surface area contributed by atoms with E-state index >= 15 is 0 Å². The number of aromatic nitrogens is 1. The molecule has 1 aromatic heterocycles. The first-order chi connectivity index (χ1) is 10.6. The van der Waals surface area contributed by atoms with Crippen molar-refractivity contribution in [3.05, 3.63) is 66.0 Å². The topological polar surface area (TPSA) is 79.8 Å². The van der Waals surface area contributed by atoms with Gasteiger partial charge in [0.2, 0.25) is 0 Å². The summed E-state index contributed by atoms with van der Waals surface area (Å²) in [7, 11) is 0. The number of carbonyl (C=O) groups is 1. The maximum Gasteiger partial charge on any atom is 0.168 e.